The number of carbonyl (C=O) groups excluding carboxylic acids is 1. The number of rotatable bonds is 1. The Kier molecular flexibility index (Phi) is 3.10. The van der Waals surface area contributed by atoms with Crippen molar-refractivity contribution < 1.29 is 13.2 Å². The van der Waals surface area contributed by atoms with Gasteiger partial charge in [-0.3, -0.25) is 4.79 Å². The molecule has 2 N–H and O–H groups in total. The molecule has 0 fully saturated rings. The summed E-state index contributed by atoms with van der Waals surface area (Å²) in [5.74, 6) is 0. The van der Waals surface area contributed by atoms with E-state index in [9.17, 15) is 13.2 Å². The molecule has 1 rings (SSSR count). The Labute approximate surface area is 95.4 Å². The molecule has 1 amide bonds. The van der Waals surface area contributed by atoms with E-state index in [4.69, 9.17) is 5.73 Å². The van der Waals surface area contributed by atoms with Gasteiger partial charge in [-0.1, -0.05) is 32.9 Å². The van der Waals surface area contributed by atoms with Gasteiger partial charge in [0.1, 0.15) is 0 Å². The molecule has 0 radical (unpaired) electrons. The first-order valence-corrected chi connectivity index (χ1v) is 6.29. The maximum absolute atomic E-state index is 11.4. The Bertz CT molecular complexity index is 495. The highest BCUT2D eigenvalue weighted by Crippen LogP contribution is 2.23. The molecule has 1 aromatic rings. The van der Waals surface area contributed by atoms with Crippen LogP contribution in [0.15, 0.2) is 29.2 Å². The van der Waals surface area contributed by atoms with Crippen molar-refractivity contribution >= 4 is 15.1 Å². The Hall–Kier alpha value is -1.36. The van der Waals surface area contributed by atoms with Gasteiger partial charge in [-0.15, -0.1) is 0 Å². The molecule has 16 heavy (non-hydrogen) atoms. The molecule has 0 aliphatic rings. The second kappa shape index (κ2) is 3.90. The van der Waals surface area contributed by atoms with E-state index in [-0.39, 0.29) is 10.3 Å². The molecule has 0 aliphatic heterocycles. The lowest BCUT2D eigenvalue weighted by Gasteiger charge is -2.18. The van der Waals surface area contributed by atoms with Crippen LogP contribution in [0.1, 0.15) is 26.3 Å². The number of carbonyl (C=O) groups is 1. The van der Waals surface area contributed by atoms with Gasteiger partial charge in [-0.2, -0.15) is 0 Å². The van der Waals surface area contributed by atoms with Crippen LogP contribution >= 0.6 is 0 Å². The van der Waals surface area contributed by atoms with Crippen LogP contribution in [-0.2, 0) is 15.3 Å². The van der Waals surface area contributed by atoms with E-state index < -0.39 is 15.1 Å². The minimum absolute atomic E-state index is 0.0605. The molecule has 0 bridgehead atoms. The largest absolute Gasteiger partial charge is 0.356 e. The Morgan fingerprint density at radius 3 is 1.88 bits per heavy atom. The third-order valence-corrected chi connectivity index (χ3v) is 3.72. The molecular weight excluding hydrogens is 226 g/mol. The normalized spacial score (nSPS) is 12.4. The monoisotopic (exact) mass is 241 g/mol. The minimum atomic E-state index is -4.00. The van der Waals surface area contributed by atoms with E-state index in [2.05, 4.69) is 0 Å². The fraction of sp³-hybridized carbons (Fsp3) is 0.364. The van der Waals surface area contributed by atoms with E-state index >= 15 is 0 Å². The third kappa shape index (κ3) is 2.41. The molecule has 88 valence electrons. The van der Waals surface area contributed by atoms with Gasteiger partial charge in [-0.25, -0.2) is 8.42 Å². The van der Waals surface area contributed by atoms with Gasteiger partial charge in [0, 0.05) is 0 Å². The van der Waals surface area contributed by atoms with Gasteiger partial charge >= 0.3 is 5.24 Å². The molecule has 0 heterocycles. The number of benzene rings is 1. The fourth-order valence-electron chi connectivity index (χ4n) is 1.25. The molecule has 4 nitrogen and oxygen atoms in total. The van der Waals surface area contributed by atoms with Crippen molar-refractivity contribution in [3.63, 3.8) is 0 Å². The van der Waals surface area contributed by atoms with Crippen LogP contribution in [0.25, 0.3) is 0 Å². The van der Waals surface area contributed by atoms with Crippen LogP contribution in [0.4, 0.5) is 4.79 Å². The number of primary amides is 1. The smallest absolute Gasteiger partial charge is 0.338 e. The molecule has 5 heteroatoms. The molecule has 1 aromatic carbocycles. The summed E-state index contributed by atoms with van der Waals surface area (Å²) < 4.78 is 22.8. The van der Waals surface area contributed by atoms with E-state index in [0.29, 0.717) is 0 Å². The Balaban J connectivity index is 3.20. The lowest BCUT2D eigenvalue weighted by atomic mass is 9.87. The topological polar surface area (TPSA) is 77.2 Å². The highest BCUT2D eigenvalue weighted by Gasteiger charge is 2.22. The van der Waals surface area contributed by atoms with Gasteiger partial charge in [-0.05, 0) is 23.1 Å². The van der Waals surface area contributed by atoms with Crippen LogP contribution in [0.3, 0.4) is 0 Å². The summed E-state index contributed by atoms with van der Waals surface area (Å²) in [5, 5.41) is -1.32. The van der Waals surface area contributed by atoms with Crippen molar-refractivity contribution in [3.05, 3.63) is 29.8 Å². The van der Waals surface area contributed by atoms with Crippen LogP contribution in [0, 0.1) is 0 Å². The second-order valence-electron chi connectivity index (χ2n) is 4.60. The maximum atomic E-state index is 11.4. The van der Waals surface area contributed by atoms with Gasteiger partial charge in [0.25, 0.3) is 9.84 Å². The zero-order valence-corrected chi connectivity index (χ0v) is 10.3. The highest BCUT2D eigenvalue weighted by molar-refractivity contribution is 8.06. The van der Waals surface area contributed by atoms with Gasteiger partial charge in [0.05, 0.1) is 4.90 Å². The quantitative estimate of drug-likeness (QED) is 0.814. The minimum Gasteiger partial charge on any atom is -0.356 e. The predicted molar refractivity (Wildman–Crippen MR) is 61.9 cm³/mol. The number of hydrogen-bond donors (Lipinski definition) is 1. The summed E-state index contributed by atoms with van der Waals surface area (Å²) in [6, 6.07) is 6.19. The van der Waals surface area contributed by atoms with Gasteiger partial charge in [0.15, 0.2) is 0 Å². The highest BCUT2D eigenvalue weighted by atomic mass is 32.2. The van der Waals surface area contributed by atoms with Crippen molar-refractivity contribution in [1.82, 2.24) is 0 Å². The molecule has 0 unspecified atom stereocenters. The van der Waals surface area contributed by atoms with E-state index in [1.165, 1.54) is 12.1 Å². The van der Waals surface area contributed by atoms with Crippen LogP contribution < -0.4 is 5.73 Å². The predicted octanol–water partition coefficient (Wildman–Crippen LogP) is 1.84. The maximum Gasteiger partial charge on any atom is 0.338 e. The standard InChI is InChI=1S/C11H15NO3S/c1-11(2,3)8-4-6-9(7-5-8)16(14,15)10(12)13/h4-7H,1-3H3,(H2,12,13). The van der Waals surface area contributed by atoms with Crippen molar-refractivity contribution in [2.24, 2.45) is 5.73 Å². The number of nitrogens with two attached hydrogens (primary N) is 1. The average molecular weight is 241 g/mol. The first kappa shape index (κ1) is 12.7. The number of sulfone groups is 1. The summed E-state index contributed by atoms with van der Waals surface area (Å²) in [5.41, 5.74) is 5.73. The molecule has 0 spiro atoms. The SMILES string of the molecule is CC(C)(C)c1ccc(S(=O)(=O)C(N)=O)cc1. The van der Waals surface area contributed by atoms with E-state index in [1.807, 2.05) is 20.8 Å². The molecule has 0 aromatic heterocycles. The van der Waals surface area contributed by atoms with Crippen LogP contribution in [-0.4, -0.2) is 13.7 Å². The van der Waals surface area contributed by atoms with Crippen molar-refractivity contribution in [1.29, 1.82) is 0 Å². The molecular formula is C11H15NO3S. The van der Waals surface area contributed by atoms with Crippen molar-refractivity contribution in [2.45, 2.75) is 31.1 Å². The molecule has 0 aliphatic carbocycles. The Morgan fingerprint density at radius 2 is 1.56 bits per heavy atom. The summed E-state index contributed by atoms with van der Waals surface area (Å²) in [7, 11) is -4.00. The summed E-state index contributed by atoms with van der Waals surface area (Å²) in [6.45, 7) is 6.06. The number of amides is 1. The summed E-state index contributed by atoms with van der Waals surface area (Å²) in [4.78, 5) is 10.7. The Morgan fingerprint density at radius 1 is 1.12 bits per heavy atom. The first-order chi connectivity index (χ1) is 7.15. The average Bonchev–Trinajstić information content (AvgIpc) is 2.16. The molecule has 0 atom stereocenters. The second-order valence-corrected chi connectivity index (χ2v) is 6.48. The summed E-state index contributed by atoms with van der Waals surface area (Å²) >= 11 is 0. The van der Waals surface area contributed by atoms with Crippen molar-refractivity contribution in [2.75, 3.05) is 0 Å². The zero-order valence-electron chi connectivity index (χ0n) is 9.52. The molecule has 0 saturated heterocycles. The fourth-order valence-corrected chi connectivity index (χ4v) is 1.98. The number of hydrogen-bond acceptors (Lipinski definition) is 3. The van der Waals surface area contributed by atoms with E-state index in [0.717, 1.165) is 5.56 Å². The van der Waals surface area contributed by atoms with Crippen LogP contribution in [0.2, 0.25) is 0 Å². The van der Waals surface area contributed by atoms with Gasteiger partial charge in [0.2, 0.25) is 0 Å². The van der Waals surface area contributed by atoms with Crippen LogP contribution in [0.5, 0.6) is 0 Å². The first-order valence-electron chi connectivity index (χ1n) is 4.81. The van der Waals surface area contributed by atoms with Crippen molar-refractivity contribution in [3.8, 4) is 0 Å². The summed E-state index contributed by atoms with van der Waals surface area (Å²) in [6.07, 6.45) is 0. The third-order valence-electron chi connectivity index (χ3n) is 2.30. The molecule has 0 saturated carbocycles. The van der Waals surface area contributed by atoms with E-state index in [1.54, 1.807) is 12.1 Å². The zero-order chi connectivity index (χ0) is 12.6. The lowest BCUT2D eigenvalue weighted by Crippen LogP contribution is -2.22. The lowest BCUT2D eigenvalue weighted by molar-refractivity contribution is 0.265. The van der Waals surface area contributed by atoms with Gasteiger partial charge < -0.3 is 5.73 Å².